The van der Waals surface area contributed by atoms with Crippen LogP contribution < -0.4 is 0 Å². The van der Waals surface area contributed by atoms with Crippen LogP contribution in [0, 0.1) is 23.2 Å². The van der Waals surface area contributed by atoms with Gasteiger partial charge in [-0.25, -0.2) is 9.59 Å². The molecule has 0 N–H and O–H groups in total. The molecule has 0 radical (unpaired) electrons. The maximum Gasteiger partial charge on any atom is 0.336 e. The van der Waals surface area contributed by atoms with Crippen molar-refractivity contribution in [2.45, 2.75) is 39.5 Å². The van der Waals surface area contributed by atoms with Crippen molar-refractivity contribution in [1.29, 1.82) is 0 Å². The number of hydrogen-bond acceptors (Lipinski definition) is 5. The monoisotopic (exact) mass is 470 g/mol. The van der Waals surface area contributed by atoms with E-state index in [4.69, 9.17) is 13.9 Å². The lowest BCUT2D eigenvalue weighted by Gasteiger charge is -2.30. The molecule has 0 bridgehead atoms. The zero-order valence-corrected chi connectivity index (χ0v) is 20.2. The van der Waals surface area contributed by atoms with Gasteiger partial charge in [-0.1, -0.05) is 60.7 Å². The summed E-state index contributed by atoms with van der Waals surface area (Å²) >= 11 is 0. The molecule has 1 unspecified atom stereocenters. The molecule has 4 rings (SSSR count). The molecule has 0 saturated carbocycles. The summed E-state index contributed by atoms with van der Waals surface area (Å²) in [6.45, 7) is 3.76. The van der Waals surface area contributed by atoms with Crippen LogP contribution in [0.5, 0.6) is 0 Å². The second-order valence-corrected chi connectivity index (χ2v) is 8.54. The lowest BCUT2D eigenvalue weighted by molar-refractivity contribution is -0.170. The number of para-hydroxylation sites is 1. The first-order chi connectivity index (χ1) is 17.1. The molecule has 1 heterocycles. The molecular formula is C30H30O5. The number of hydrogen-bond donors (Lipinski definition) is 0. The molecule has 1 atom stereocenters. The van der Waals surface area contributed by atoms with Gasteiger partial charge in [0, 0.05) is 22.4 Å². The molecule has 0 amide bonds. The highest BCUT2D eigenvalue weighted by atomic mass is 16.6. The van der Waals surface area contributed by atoms with Crippen molar-refractivity contribution in [2.24, 2.45) is 11.3 Å². The van der Waals surface area contributed by atoms with Gasteiger partial charge in [0.05, 0.1) is 13.2 Å². The number of carbonyl (C=O) groups is 2. The van der Waals surface area contributed by atoms with Crippen molar-refractivity contribution < 1.29 is 23.5 Å². The number of esters is 2. The van der Waals surface area contributed by atoms with Crippen LogP contribution in [0.1, 0.15) is 45.1 Å². The standard InChI is InChI=1S/C30H30O5/c1-3-33-28(31)30(29(32)34-4-2,25-12-7-5-6-8-13-25)20-19-22-15-17-23(18-16-22)27-21-24-11-9-10-14-26(24)35-27/h7,9-12,14-18,21,25H,3-6,8,13H2,1-2H3. The summed E-state index contributed by atoms with van der Waals surface area (Å²) in [5.74, 6) is 5.15. The Bertz CT molecular complexity index is 1220. The molecule has 3 aromatic rings. The molecule has 1 aliphatic carbocycles. The van der Waals surface area contributed by atoms with Crippen LogP contribution in [-0.4, -0.2) is 25.2 Å². The molecular weight excluding hydrogens is 440 g/mol. The Morgan fingerprint density at radius 1 is 1.00 bits per heavy atom. The van der Waals surface area contributed by atoms with Crippen molar-refractivity contribution in [3.05, 3.63) is 72.3 Å². The quantitative estimate of drug-likeness (QED) is 0.183. The van der Waals surface area contributed by atoms with Crippen LogP contribution in [-0.2, 0) is 19.1 Å². The molecule has 2 aromatic carbocycles. The predicted octanol–water partition coefficient (Wildman–Crippen LogP) is 6.31. The number of benzene rings is 2. The van der Waals surface area contributed by atoms with E-state index in [2.05, 4.69) is 11.8 Å². The van der Waals surface area contributed by atoms with Gasteiger partial charge in [-0.3, -0.25) is 0 Å². The van der Waals surface area contributed by atoms with Gasteiger partial charge >= 0.3 is 11.9 Å². The minimum absolute atomic E-state index is 0.157. The number of furan rings is 1. The Morgan fingerprint density at radius 3 is 2.40 bits per heavy atom. The van der Waals surface area contributed by atoms with E-state index in [-0.39, 0.29) is 13.2 Å². The number of ether oxygens (including phenoxy) is 2. The van der Waals surface area contributed by atoms with Gasteiger partial charge in [0.2, 0.25) is 5.41 Å². The molecule has 0 fully saturated rings. The maximum absolute atomic E-state index is 13.3. The first-order valence-electron chi connectivity index (χ1n) is 12.2. The zero-order valence-electron chi connectivity index (χ0n) is 20.2. The van der Waals surface area contributed by atoms with Crippen LogP contribution in [0.4, 0.5) is 0 Å². The van der Waals surface area contributed by atoms with Crippen molar-refractivity contribution in [3.63, 3.8) is 0 Å². The highest BCUT2D eigenvalue weighted by Crippen LogP contribution is 2.38. The molecule has 1 aromatic heterocycles. The average Bonchev–Trinajstić information content (AvgIpc) is 3.12. The summed E-state index contributed by atoms with van der Waals surface area (Å²) in [6.07, 6.45) is 7.43. The van der Waals surface area contributed by atoms with E-state index in [0.29, 0.717) is 12.0 Å². The van der Waals surface area contributed by atoms with Gasteiger partial charge < -0.3 is 13.9 Å². The topological polar surface area (TPSA) is 65.7 Å². The van der Waals surface area contributed by atoms with E-state index in [9.17, 15) is 9.59 Å². The predicted molar refractivity (Wildman–Crippen MR) is 135 cm³/mol. The molecule has 1 aliphatic rings. The van der Waals surface area contributed by atoms with Crippen molar-refractivity contribution in [2.75, 3.05) is 13.2 Å². The minimum Gasteiger partial charge on any atom is -0.464 e. The van der Waals surface area contributed by atoms with Crippen LogP contribution in [0.15, 0.2) is 71.2 Å². The number of fused-ring (bicyclic) bond motifs is 1. The van der Waals surface area contributed by atoms with Gasteiger partial charge in [-0.05, 0) is 57.4 Å². The largest absolute Gasteiger partial charge is 0.464 e. The summed E-state index contributed by atoms with van der Waals surface area (Å²) in [5.41, 5.74) is 0.724. The van der Waals surface area contributed by atoms with Crippen molar-refractivity contribution in [1.82, 2.24) is 0 Å². The number of carbonyl (C=O) groups excluding carboxylic acids is 2. The Labute approximate surface area is 206 Å². The van der Waals surface area contributed by atoms with Gasteiger partial charge in [0.1, 0.15) is 11.3 Å². The molecule has 0 spiro atoms. The summed E-state index contributed by atoms with van der Waals surface area (Å²) in [5, 5.41) is 1.04. The molecule has 35 heavy (non-hydrogen) atoms. The summed E-state index contributed by atoms with van der Waals surface area (Å²) < 4.78 is 16.7. The van der Waals surface area contributed by atoms with Gasteiger partial charge in [0.25, 0.3) is 0 Å². The van der Waals surface area contributed by atoms with E-state index in [1.807, 2.05) is 66.7 Å². The first kappa shape index (κ1) is 24.3. The second-order valence-electron chi connectivity index (χ2n) is 8.54. The highest BCUT2D eigenvalue weighted by molar-refractivity contribution is 6.04. The van der Waals surface area contributed by atoms with E-state index >= 15 is 0 Å². The lowest BCUT2D eigenvalue weighted by Crippen LogP contribution is -2.46. The van der Waals surface area contributed by atoms with E-state index in [1.54, 1.807) is 13.8 Å². The highest BCUT2D eigenvalue weighted by Gasteiger charge is 2.53. The van der Waals surface area contributed by atoms with Crippen LogP contribution in [0.25, 0.3) is 22.3 Å². The van der Waals surface area contributed by atoms with E-state index in [1.165, 1.54) is 0 Å². The Balaban J connectivity index is 1.71. The fourth-order valence-electron chi connectivity index (χ4n) is 4.43. The Hall–Kier alpha value is -3.78. The van der Waals surface area contributed by atoms with E-state index < -0.39 is 23.3 Å². The first-order valence-corrected chi connectivity index (χ1v) is 12.2. The fourth-order valence-corrected chi connectivity index (χ4v) is 4.43. The molecule has 0 aliphatic heterocycles. The van der Waals surface area contributed by atoms with Crippen molar-refractivity contribution >= 4 is 22.9 Å². The third-order valence-corrected chi connectivity index (χ3v) is 6.25. The third kappa shape index (κ3) is 5.17. The average molecular weight is 471 g/mol. The number of rotatable bonds is 6. The molecule has 5 heteroatoms. The zero-order chi connectivity index (χ0) is 24.7. The lowest BCUT2D eigenvalue weighted by atomic mass is 9.73. The SMILES string of the molecule is CCOC(=O)C(C#Cc1ccc(-c2cc3ccccc3o2)cc1)(C(=O)OCC)C1C=CCCCC1. The summed E-state index contributed by atoms with van der Waals surface area (Å²) in [4.78, 5) is 26.5. The fraction of sp³-hybridized carbons (Fsp3) is 0.333. The summed E-state index contributed by atoms with van der Waals surface area (Å²) in [6, 6.07) is 17.4. The van der Waals surface area contributed by atoms with Gasteiger partial charge in [-0.2, -0.15) is 0 Å². The third-order valence-electron chi connectivity index (χ3n) is 6.25. The summed E-state index contributed by atoms with van der Waals surface area (Å²) in [7, 11) is 0. The Morgan fingerprint density at radius 2 is 1.71 bits per heavy atom. The van der Waals surface area contributed by atoms with Crippen molar-refractivity contribution in [3.8, 4) is 23.2 Å². The maximum atomic E-state index is 13.3. The van der Waals surface area contributed by atoms with Gasteiger partial charge in [0.15, 0.2) is 0 Å². The smallest absolute Gasteiger partial charge is 0.336 e. The number of allylic oxidation sites excluding steroid dienone is 2. The minimum atomic E-state index is -1.70. The molecule has 5 nitrogen and oxygen atoms in total. The van der Waals surface area contributed by atoms with Crippen LogP contribution in [0.2, 0.25) is 0 Å². The Kier molecular flexibility index (Phi) is 7.72. The van der Waals surface area contributed by atoms with Crippen LogP contribution >= 0.6 is 0 Å². The molecule has 180 valence electrons. The second kappa shape index (κ2) is 11.1. The van der Waals surface area contributed by atoms with Gasteiger partial charge in [-0.15, -0.1) is 0 Å². The van der Waals surface area contributed by atoms with Crippen LogP contribution in [0.3, 0.4) is 0 Å². The molecule has 0 saturated heterocycles. The van der Waals surface area contributed by atoms with E-state index in [0.717, 1.165) is 41.6 Å². The normalized spacial score (nSPS) is 15.7.